The van der Waals surface area contributed by atoms with Crippen molar-refractivity contribution < 1.29 is 14.3 Å². The third kappa shape index (κ3) is 3.84. The quantitative estimate of drug-likeness (QED) is 0.841. The lowest BCUT2D eigenvalue weighted by molar-refractivity contribution is 0.0525. The van der Waals surface area contributed by atoms with Crippen LogP contribution in [-0.4, -0.2) is 54.5 Å². The van der Waals surface area contributed by atoms with Crippen LogP contribution in [0.5, 0.6) is 0 Å². The molecule has 1 amide bonds. The number of esters is 1. The molecule has 1 aromatic carbocycles. The fourth-order valence-corrected chi connectivity index (χ4v) is 3.62. The van der Waals surface area contributed by atoms with E-state index in [1.807, 2.05) is 4.90 Å². The van der Waals surface area contributed by atoms with E-state index in [0.29, 0.717) is 42.2 Å². The van der Waals surface area contributed by atoms with Gasteiger partial charge in [-0.05, 0) is 51.0 Å². The molecule has 3 rings (SSSR count). The molecule has 0 saturated carbocycles. The van der Waals surface area contributed by atoms with Crippen molar-refractivity contribution in [3.63, 3.8) is 0 Å². The summed E-state index contributed by atoms with van der Waals surface area (Å²) in [6, 6.07) is 8.42. The van der Waals surface area contributed by atoms with Crippen molar-refractivity contribution in [1.29, 1.82) is 0 Å². The molecule has 6 nitrogen and oxygen atoms in total. The van der Waals surface area contributed by atoms with Gasteiger partial charge in [0.05, 0.1) is 12.2 Å². The van der Waals surface area contributed by atoms with Crippen LogP contribution in [0, 0.1) is 20.8 Å². The molecule has 144 valence electrons. The lowest BCUT2D eigenvalue weighted by Gasteiger charge is -2.36. The standard InChI is InChI=1S/C21H27N3O3/c1-5-27-21(26)18-15(3)19(22-16(18)4)20(25)24-11-9-23(10-12-24)17-8-6-7-14(2)13-17/h6-8,13,22H,5,9-12H2,1-4H3. The molecule has 0 bridgehead atoms. The molecule has 2 aromatic rings. The van der Waals surface area contributed by atoms with Crippen LogP contribution in [0.4, 0.5) is 5.69 Å². The van der Waals surface area contributed by atoms with Gasteiger partial charge in [0.15, 0.2) is 0 Å². The van der Waals surface area contributed by atoms with Gasteiger partial charge >= 0.3 is 5.97 Å². The van der Waals surface area contributed by atoms with Gasteiger partial charge in [-0.25, -0.2) is 4.79 Å². The molecule has 1 aliphatic heterocycles. The van der Waals surface area contributed by atoms with Crippen LogP contribution in [-0.2, 0) is 4.74 Å². The van der Waals surface area contributed by atoms with Crippen LogP contribution in [0.1, 0.15) is 44.6 Å². The maximum atomic E-state index is 13.0. The lowest BCUT2D eigenvalue weighted by atomic mass is 10.1. The van der Waals surface area contributed by atoms with Crippen LogP contribution in [0.15, 0.2) is 24.3 Å². The van der Waals surface area contributed by atoms with Crippen molar-refractivity contribution in [3.8, 4) is 0 Å². The number of piperazine rings is 1. The third-order valence-corrected chi connectivity index (χ3v) is 5.06. The first-order valence-electron chi connectivity index (χ1n) is 9.39. The molecule has 1 N–H and O–H groups in total. The number of aromatic amines is 1. The van der Waals surface area contributed by atoms with Gasteiger partial charge in [0.1, 0.15) is 5.69 Å². The van der Waals surface area contributed by atoms with Gasteiger partial charge in [-0.3, -0.25) is 4.79 Å². The van der Waals surface area contributed by atoms with Crippen molar-refractivity contribution >= 4 is 17.6 Å². The van der Waals surface area contributed by atoms with E-state index < -0.39 is 0 Å². The number of aromatic nitrogens is 1. The van der Waals surface area contributed by atoms with Gasteiger partial charge in [-0.15, -0.1) is 0 Å². The van der Waals surface area contributed by atoms with E-state index >= 15 is 0 Å². The monoisotopic (exact) mass is 369 g/mol. The smallest absolute Gasteiger partial charge is 0.340 e. The Hall–Kier alpha value is -2.76. The number of hydrogen-bond acceptors (Lipinski definition) is 4. The highest BCUT2D eigenvalue weighted by atomic mass is 16.5. The maximum absolute atomic E-state index is 13.0. The van der Waals surface area contributed by atoms with Gasteiger partial charge in [-0.1, -0.05) is 12.1 Å². The average molecular weight is 369 g/mol. The summed E-state index contributed by atoms with van der Waals surface area (Å²) in [5, 5.41) is 0. The van der Waals surface area contributed by atoms with Gasteiger partial charge < -0.3 is 19.5 Å². The normalized spacial score (nSPS) is 14.4. The Morgan fingerprint density at radius 2 is 1.81 bits per heavy atom. The summed E-state index contributed by atoms with van der Waals surface area (Å²) in [7, 11) is 0. The van der Waals surface area contributed by atoms with Crippen LogP contribution < -0.4 is 4.90 Å². The Morgan fingerprint density at radius 3 is 2.44 bits per heavy atom. The van der Waals surface area contributed by atoms with Crippen LogP contribution in [0.2, 0.25) is 0 Å². The molecule has 0 atom stereocenters. The average Bonchev–Trinajstić information content (AvgIpc) is 2.96. The predicted octanol–water partition coefficient (Wildman–Crippen LogP) is 3.08. The zero-order chi connectivity index (χ0) is 19.6. The number of anilines is 1. The predicted molar refractivity (Wildman–Crippen MR) is 106 cm³/mol. The number of rotatable bonds is 4. The van der Waals surface area contributed by atoms with Gasteiger partial charge in [-0.2, -0.15) is 0 Å². The number of nitrogens with one attached hydrogen (secondary N) is 1. The second-order valence-electron chi connectivity index (χ2n) is 6.96. The molecule has 0 spiro atoms. The van der Waals surface area contributed by atoms with E-state index in [1.165, 1.54) is 11.3 Å². The zero-order valence-corrected chi connectivity index (χ0v) is 16.5. The minimum Gasteiger partial charge on any atom is -0.462 e. The molecule has 0 aliphatic carbocycles. The number of carbonyl (C=O) groups excluding carboxylic acids is 2. The summed E-state index contributed by atoms with van der Waals surface area (Å²) in [4.78, 5) is 32.4. The number of hydrogen-bond donors (Lipinski definition) is 1. The molecular weight excluding hydrogens is 342 g/mol. The Morgan fingerprint density at radius 1 is 1.11 bits per heavy atom. The van der Waals surface area contributed by atoms with Crippen LogP contribution in [0.25, 0.3) is 0 Å². The van der Waals surface area contributed by atoms with Crippen LogP contribution >= 0.6 is 0 Å². The molecule has 1 aromatic heterocycles. The molecule has 2 heterocycles. The summed E-state index contributed by atoms with van der Waals surface area (Å²) in [5.41, 5.74) is 4.72. The largest absolute Gasteiger partial charge is 0.462 e. The first kappa shape index (κ1) is 19.0. The van der Waals surface area contributed by atoms with Crippen molar-refractivity contribution in [2.75, 3.05) is 37.7 Å². The van der Waals surface area contributed by atoms with Crippen molar-refractivity contribution in [2.45, 2.75) is 27.7 Å². The molecule has 0 unspecified atom stereocenters. The Bertz CT molecular complexity index is 848. The van der Waals surface area contributed by atoms with Gasteiger partial charge in [0.25, 0.3) is 5.91 Å². The summed E-state index contributed by atoms with van der Waals surface area (Å²) < 4.78 is 5.11. The number of H-pyrrole nitrogens is 1. The molecule has 1 aliphatic rings. The highest BCUT2D eigenvalue weighted by molar-refractivity contribution is 6.00. The van der Waals surface area contributed by atoms with Crippen molar-refractivity contribution in [1.82, 2.24) is 9.88 Å². The number of ether oxygens (including phenoxy) is 1. The topological polar surface area (TPSA) is 65.6 Å². The van der Waals surface area contributed by atoms with E-state index in [2.05, 4.69) is 41.1 Å². The minimum absolute atomic E-state index is 0.0601. The minimum atomic E-state index is -0.382. The lowest BCUT2D eigenvalue weighted by Crippen LogP contribution is -2.49. The number of nitrogens with zero attached hydrogens (tertiary/aromatic N) is 2. The number of aryl methyl sites for hydroxylation is 2. The third-order valence-electron chi connectivity index (χ3n) is 5.06. The molecule has 0 radical (unpaired) electrons. The fourth-order valence-electron chi connectivity index (χ4n) is 3.62. The number of carbonyl (C=O) groups is 2. The second kappa shape index (κ2) is 7.86. The molecule has 1 saturated heterocycles. The van der Waals surface area contributed by atoms with Gasteiger partial charge in [0, 0.05) is 37.6 Å². The van der Waals surface area contributed by atoms with E-state index in [4.69, 9.17) is 4.74 Å². The highest BCUT2D eigenvalue weighted by Crippen LogP contribution is 2.22. The fraction of sp³-hybridized carbons (Fsp3) is 0.429. The molecule has 27 heavy (non-hydrogen) atoms. The Balaban J connectivity index is 1.71. The number of benzene rings is 1. The van der Waals surface area contributed by atoms with E-state index in [1.54, 1.807) is 20.8 Å². The SMILES string of the molecule is CCOC(=O)c1c(C)[nH]c(C(=O)N2CCN(c3cccc(C)c3)CC2)c1C. The summed E-state index contributed by atoms with van der Waals surface area (Å²) >= 11 is 0. The van der Waals surface area contributed by atoms with Crippen LogP contribution in [0.3, 0.4) is 0 Å². The summed E-state index contributed by atoms with van der Waals surface area (Å²) in [5.74, 6) is -0.442. The molecular formula is C21H27N3O3. The highest BCUT2D eigenvalue weighted by Gasteiger charge is 2.28. The van der Waals surface area contributed by atoms with E-state index in [0.717, 1.165) is 13.1 Å². The Labute approximate surface area is 160 Å². The molecule has 6 heteroatoms. The summed E-state index contributed by atoms with van der Waals surface area (Å²) in [6.07, 6.45) is 0. The number of amides is 1. The molecule has 1 fully saturated rings. The second-order valence-corrected chi connectivity index (χ2v) is 6.96. The van der Waals surface area contributed by atoms with E-state index in [9.17, 15) is 9.59 Å². The van der Waals surface area contributed by atoms with Gasteiger partial charge in [0.2, 0.25) is 0 Å². The first-order chi connectivity index (χ1) is 12.9. The summed E-state index contributed by atoms with van der Waals surface area (Å²) in [6.45, 7) is 10.6. The Kier molecular flexibility index (Phi) is 5.54. The van der Waals surface area contributed by atoms with E-state index in [-0.39, 0.29) is 11.9 Å². The zero-order valence-electron chi connectivity index (χ0n) is 16.5. The first-order valence-corrected chi connectivity index (χ1v) is 9.39. The van der Waals surface area contributed by atoms with Crippen molar-refractivity contribution in [3.05, 3.63) is 52.3 Å². The maximum Gasteiger partial charge on any atom is 0.340 e. The van der Waals surface area contributed by atoms with Crippen molar-refractivity contribution in [2.24, 2.45) is 0 Å².